The smallest absolute Gasteiger partial charge is 0.245 e. The number of fused-ring (bicyclic) bond motifs is 2. The van der Waals surface area contributed by atoms with E-state index in [-0.39, 0.29) is 0 Å². The summed E-state index contributed by atoms with van der Waals surface area (Å²) >= 11 is 0. The maximum atomic E-state index is 12.1. The van der Waals surface area contributed by atoms with Crippen molar-refractivity contribution in [3.63, 3.8) is 0 Å². The third-order valence-electron chi connectivity index (χ3n) is 6.84. The quantitative estimate of drug-likeness (QED) is 0.192. The van der Waals surface area contributed by atoms with Gasteiger partial charge in [0.1, 0.15) is 12.4 Å². The molecular weight excluding hydrogens is 500 g/mol. The molecule has 2 aromatic carbocycles. The van der Waals surface area contributed by atoms with Gasteiger partial charge in [-0.05, 0) is 47.5 Å². The minimum atomic E-state index is -0.527. The standard InChI is InChI=1S/C31H27N8O/c1-36-27(21-38-17-5-3-7-29(36)38)25-13-9-23(10-14-25)19-32-34-31(40)35-33-20-24-11-15-26(16-12-24)28-22-39-18-6-4-8-30(39)37(28)2/h3-22H,1-2H3,(H-,34,35,40)/q+1/p+1/b32-19+,33-20+. The maximum Gasteiger partial charge on any atom is 0.355 e. The number of hydrogen-bond acceptors (Lipinski definition) is 3. The number of amides is 2. The summed E-state index contributed by atoms with van der Waals surface area (Å²) in [4.78, 5) is 12.1. The Morgan fingerprint density at radius 1 is 0.650 bits per heavy atom. The van der Waals surface area contributed by atoms with E-state index >= 15 is 0 Å². The number of hydrogen-bond donors (Lipinski definition) is 2. The second kappa shape index (κ2) is 10.7. The van der Waals surface area contributed by atoms with E-state index in [9.17, 15) is 4.79 Å². The van der Waals surface area contributed by atoms with Crippen LogP contribution < -0.4 is 19.7 Å². The zero-order chi connectivity index (χ0) is 27.5. The molecule has 0 unspecified atom stereocenters. The van der Waals surface area contributed by atoms with Gasteiger partial charge in [0, 0.05) is 23.3 Å². The van der Waals surface area contributed by atoms with Crippen LogP contribution in [0.1, 0.15) is 11.1 Å². The van der Waals surface area contributed by atoms with E-state index in [2.05, 4.69) is 63.5 Å². The lowest BCUT2D eigenvalue weighted by atomic mass is 10.1. The van der Waals surface area contributed by atoms with Gasteiger partial charge in [-0.3, -0.25) is 0 Å². The number of aryl methyl sites for hydroxylation is 2. The summed E-state index contributed by atoms with van der Waals surface area (Å²) in [6.07, 6.45) is 11.4. The lowest BCUT2D eigenvalue weighted by Crippen LogP contribution is -2.28. The SMILES string of the molecule is Cn1c(-c2ccc(/C=N/NC(=O)N/N=C/c3ccc(-c4c[n+]5ccccc5n4C)cc3)cc2)c[n+]2ccccc12. The number of hydrazone groups is 2. The van der Waals surface area contributed by atoms with Crippen LogP contribution in [0, 0.1) is 0 Å². The lowest BCUT2D eigenvalue weighted by Gasteiger charge is -2.00. The molecule has 0 radical (unpaired) electrons. The topological polar surface area (TPSA) is 83.9 Å². The molecule has 9 nitrogen and oxygen atoms in total. The number of carbonyl (C=O) groups is 1. The first-order chi connectivity index (χ1) is 19.6. The monoisotopic (exact) mass is 528 g/mol. The molecule has 2 N–H and O–H groups in total. The van der Waals surface area contributed by atoms with E-state index in [1.165, 1.54) is 0 Å². The van der Waals surface area contributed by atoms with E-state index < -0.39 is 6.03 Å². The van der Waals surface area contributed by atoms with Crippen molar-refractivity contribution in [3.05, 3.63) is 121 Å². The van der Waals surface area contributed by atoms with Crippen LogP contribution in [0.2, 0.25) is 0 Å². The van der Waals surface area contributed by atoms with Gasteiger partial charge in [0.05, 0.1) is 38.9 Å². The Kier molecular flexibility index (Phi) is 6.60. The first-order valence-electron chi connectivity index (χ1n) is 12.8. The lowest BCUT2D eigenvalue weighted by molar-refractivity contribution is -0.510. The van der Waals surface area contributed by atoms with Crippen LogP contribution in [0.25, 0.3) is 33.8 Å². The molecule has 0 aliphatic carbocycles. The third kappa shape index (κ3) is 4.95. The van der Waals surface area contributed by atoms with Crippen molar-refractivity contribution in [1.82, 2.24) is 20.0 Å². The van der Waals surface area contributed by atoms with Crippen LogP contribution in [0.4, 0.5) is 4.79 Å². The van der Waals surface area contributed by atoms with Crippen LogP contribution in [0.3, 0.4) is 0 Å². The number of rotatable bonds is 6. The fraction of sp³-hybridized carbons (Fsp3) is 0.0645. The molecular formula is C31H28N8O+2. The second-order valence-corrected chi connectivity index (χ2v) is 9.39. The largest absolute Gasteiger partial charge is 0.355 e. The van der Waals surface area contributed by atoms with Gasteiger partial charge in [0.15, 0.2) is 11.4 Å². The zero-order valence-corrected chi connectivity index (χ0v) is 22.1. The first-order valence-corrected chi connectivity index (χ1v) is 12.8. The van der Waals surface area contributed by atoms with E-state index in [4.69, 9.17) is 0 Å². The highest BCUT2D eigenvalue weighted by Crippen LogP contribution is 2.21. The molecule has 6 rings (SSSR count). The van der Waals surface area contributed by atoms with Crippen molar-refractivity contribution in [2.24, 2.45) is 24.3 Å². The van der Waals surface area contributed by atoms with Gasteiger partial charge in [-0.2, -0.15) is 10.2 Å². The Morgan fingerprint density at radius 3 is 1.48 bits per heavy atom. The highest BCUT2D eigenvalue weighted by Gasteiger charge is 2.16. The van der Waals surface area contributed by atoms with Crippen molar-refractivity contribution in [2.75, 3.05) is 0 Å². The van der Waals surface area contributed by atoms with Crippen LogP contribution in [-0.4, -0.2) is 27.6 Å². The summed E-state index contributed by atoms with van der Waals surface area (Å²) in [5, 5.41) is 8.04. The van der Waals surface area contributed by atoms with Crippen LogP contribution in [0.5, 0.6) is 0 Å². The van der Waals surface area contributed by atoms with Crippen LogP contribution >= 0.6 is 0 Å². The minimum absolute atomic E-state index is 0.527. The fourth-order valence-corrected chi connectivity index (χ4v) is 4.74. The summed E-state index contributed by atoms with van der Waals surface area (Å²) in [5.41, 5.74) is 13.2. The van der Waals surface area contributed by atoms with Crippen LogP contribution in [0.15, 0.2) is 120 Å². The normalized spacial score (nSPS) is 11.7. The Morgan fingerprint density at radius 2 is 1.07 bits per heavy atom. The molecule has 0 aliphatic heterocycles. The molecule has 2 amide bonds. The number of urea groups is 1. The molecule has 0 saturated heterocycles. The fourth-order valence-electron chi connectivity index (χ4n) is 4.74. The van der Waals surface area contributed by atoms with E-state index in [1.54, 1.807) is 12.4 Å². The van der Waals surface area contributed by atoms with Gasteiger partial charge < -0.3 is 0 Å². The Labute approximate surface area is 231 Å². The molecule has 4 aromatic heterocycles. The minimum Gasteiger partial charge on any atom is -0.245 e. The van der Waals surface area contributed by atoms with Gasteiger partial charge in [0.2, 0.25) is 0 Å². The molecule has 4 heterocycles. The van der Waals surface area contributed by atoms with Crippen molar-refractivity contribution in [1.29, 1.82) is 0 Å². The number of imidazole rings is 2. The third-order valence-corrected chi connectivity index (χ3v) is 6.84. The number of aromatic nitrogens is 4. The Hall–Kier alpha value is -5.57. The Bertz CT molecular complexity index is 1740. The number of nitrogens with one attached hydrogen (secondary N) is 2. The molecule has 0 aliphatic rings. The highest BCUT2D eigenvalue weighted by atomic mass is 16.2. The van der Waals surface area contributed by atoms with E-state index in [0.717, 1.165) is 44.9 Å². The maximum absolute atomic E-state index is 12.1. The van der Waals surface area contributed by atoms with Crippen molar-refractivity contribution in [3.8, 4) is 22.5 Å². The van der Waals surface area contributed by atoms with Gasteiger partial charge in [0.25, 0.3) is 11.3 Å². The predicted octanol–water partition coefficient (Wildman–Crippen LogP) is 3.84. The molecule has 0 atom stereocenters. The van der Waals surface area contributed by atoms with Gasteiger partial charge in [-0.1, -0.05) is 36.4 Å². The van der Waals surface area contributed by atoms with E-state index in [1.807, 2.05) is 99.3 Å². The van der Waals surface area contributed by atoms with Gasteiger partial charge in [-0.15, -0.1) is 0 Å². The molecule has 6 aromatic rings. The van der Waals surface area contributed by atoms with Gasteiger partial charge in [-0.25, -0.2) is 33.6 Å². The average molecular weight is 529 g/mol. The van der Waals surface area contributed by atoms with E-state index in [0.29, 0.717) is 0 Å². The first kappa shape index (κ1) is 24.7. The molecule has 0 spiro atoms. The van der Waals surface area contributed by atoms with Crippen molar-refractivity contribution in [2.45, 2.75) is 0 Å². The number of nitrogens with zero attached hydrogens (tertiary/aromatic N) is 6. The van der Waals surface area contributed by atoms with Crippen molar-refractivity contribution < 1.29 is 13.6 Å². The van der Waals surface area contributed by atoms with Crippen molar-refractivity contribution >= 4 is 29.8 Å². The number of benzene rings is 2. The summed E-state index contributed by atoms with van der Waals surface area (Å²) in [6.45, 7) is 0. The second-order valence-electron chi connectivity index (χ2n) is 9.39. The molecule has 0 saturated carbocycles. The molecule has 40 heavy (non-hydrogen) atoms. The van der Waals surface area contributed by atoms with Crippen LogP contribution in [-0.2, 0) is 14.1 Å². The molecule has 9 heteroatoms. The predicted molar refractivity (Wildman–Crippen MR) is 155 cm³/mol. The number of carbonyl (C=O) groups excluding carboxylic acids is 1. The zero-order valence-electron chi connectivity index (χ0n) is 22.1. The number of pyridine rings is 2. The Balaban J connectivity index is 1.02. The molecule has 0 bridgehead atoms. The summed E-state index contributed by atoms with van der Waals surface area (Å²) in [7, 11) is 4.09. The average Bonchev–Trinajstić information content (AvgIpc) is 3.51. The molecule has 196 valence electrons. The highest BCUT2D eigenvalue weighted by molar-refractivity contribution is 5.84. The summed E-state index contributed by atoms with van der Waals surface area (Å²) in [6, 6.07) is 27.7. The van der Waals surface area contributed by atoms with Gasteiger partial charge >= 0.3 is 6.03 Å². The summed E-state index contributed by atoms with van der Waals surface area (Å²) < 4.78 is 8.48. The molecule has 0 fully saturated rings. The summed E-state index contributed by atoms with van der Waals surface area (Å²) in [5.74, 6) is 0.